The molecule has 0 aliphatic heterocycles. The zero-order valence-electron chi connectivity index (χ0n) is 68.4. The molecule has 0 bridgehead atoms. The zero-order chi connectivity index (χ0) is 74.3. The van der Waals surface area contributed by atoms with Gasteiger partial charge in [0.25, 0.3) is 0 Å². The van der Waals surface area contributed by atoms with Crippen molar-refractivity contribution in [1.29, 1.82) is 0 Å². The van der Waals surface area contributed by atoms with E-state index in [9.17, 15) is 24.0 Å². The van der Waals surface area contributed by atoms with E-state index in [0.29, 0.717) is 16.7 Å². The van der Waals surface area contributed by atoms with E-state index in [-0.39, 0.29) is 29.5 Å². The minimum atomic E-state index is 0.0715. The van der Waals surface area contributed by atoms with Crippen molar-refractivity contribution in [3.8, 4) is 0 Å². The van der Waals surface area contributed by atoms with Gasteiger partial charge < -0.3 is 24.5 Å². The van der Waals surface area contributed by atoms with E-state index in [0.717, 1.165) is 123 Å². The van der Waals surface area contributed by atoms with Crippen molar-refractivity contribution in [2.45, 2.75) is 411 Å². The summed E-state index contributed by atoms with van der Waals surface area (Å²) in [7, 11) is 0. The standard InChI is InChI=1S/C22H43NO.C21H41NO.C18H35NO.C14H27NO.C13H25NO/c1-5-7-8-9-10-11-12-13-14-15-16-17-18-19-20-23(6-2)22(24)21(3)4;1-4-7-8-9-10-11-12-13-14-15-16-17-18-19-20-22(6-3)21(23)5-2;1-5-7-8-9-10-11-12-13-14-15-16-19(6-2)18(20)17(3)4;1-5-7-9-10-12-15(11-8-6-2)14(16)13(3)4;1-4-7-9-10-12-14(11-8-5-2)13(15)6-3/h3,5-20H2,1-2,4H3;5H,2,4,6-20H2,1,3H3;3,5-16H2,1-2,4H3;3,5-12H2,1-2,4H3;6H,3-5,7-12H2,1-2H3. The average Bonchev–Trinajstić information content (AvgIpc) is 1.32. The molecular formula is C88H171N5O5. The maximum atomic E-state index is 11.9. The van der Waals surface area contributed by atoms with Gasteiger partial charge in [0, 0.05) is 82.2 Å². The van der Waals surface area contributed by atoms with Crippen molar-refractivity contribution >= 4 is 29.5 Å². The average molecular weight is 1380 g/mol. The highest BCUT2D eigenvalue weighted by Crippen LogP contribution is 2.17. The van der Waals surface area contributed by atoms with Crippen LogP contribution in [0.3, 0.4) is 0 Å². The molecule has 0 saturated carbocycles. The smallest absolute Gasteiger partial charge is 0.248 e. The normalized spacial score (nSPS) is 10.5. The number of hydrogen-bond acceptors (Lipinski definition) is 5. The van der Waals surface area contributed by atoms with Crippen LogP contribution in [0.2, 0.25) is 0 Å². The lowest BCUT2D eigenvalue weighted by molar-refractivity contribution is -0.127. The molecule has 0 N–H and O–H groups in total. The Morgan fingerprint density at radius 1 is 0.214 bits per heavy atom. The van der Waals surface area contributed by atoms with Gasteiger partial charge >= 0.3 is 0 Å². The van der Waals surface area contributed by atoms with Gasteiger partial charge in [0.2, 0.25) is 29.5 Å². The Hall–Kier alpha value is -3.95. The number of carbonyl (C=O) groups is 5. The second kappa shape index (κ2) is 83.7. The molecule has 0 aromatic carbocycles. The molecule has 5 amide bonds. The maximum Gasteiger partial charge on any atom is 0.248 e. The van der Waals surface area contributed by atoms with Gasteiger partial charge in [0.15, 0.2) is 0 Å². The fraction of sp³-hybridized carbons (Fsp3) is 0.830. The molecule has 10 heteroatoms. The van der Waals surface area contributed by atoms with Gasteiger partial charge in [0.05, 0.1) is 0 Å². The summed E-state index contributed by atoms with van der Waals surface area (Å²) in [6, 6.07) is 0. The SMILES string of the molecule is C=C(C)C(=O)N(CC)CCCCCCCCCCCC.C=C(C)C(=O)N(CC)CCCCCCCCCCCCCCCC.C=C(C)C(=O)N(CCCC)CCCCCC.C=CC(=O)N(CC)CCCCCCCCCCCCCCCC.C=CC(=O)N(CCCC)CCCCCC. The van der Waals surface area contributed by atoms with Crippen molar-refractivity contribution in [3.63, 3.8) is 0 Å². The molecule has 0 aliphatic rings. The summed E-state index contributed by atoms with van der Waals surface area (Å²) in [6.07, 6.45) is 68.8. The van der Waals surface area contributed by atoms with Gasteiger partial charge in [-0.05, 0) is 98.6 Å². The first kappa shape index (κ1) is 103. The molecule has 0 unspecified atom stereocenters. The van der Waals surface area contributed by atoms with Crippen LogP contribution in [0.15, 0.2) is 61.8 Å². The van der Waals surface area contributed by atoms with Gasteiger partial charge in [-0.1, -0.05) is 357 Å². The van der Waals surface area contributed by atoms with Crippen LogP contribution in [0.4, 0.5) is 0 Å². The number of carbonyl (C=O) groups excluding carboxylic acids is 5. The number of nitrogens with zero attached hydrogens (tertiary/aromatic N) is 5. The number of amides is 5. The second-order valence-electron chi connectivity index (χ2n) is 28.3. The van der Waals surface area contributed by atoms with Crippen LogP contribution >= 0.6 is 0 Å². The van der Waals surface area contributed by atoms with Crippen LogP contribution in [-0.4, -0.2) is 119 Å². The topological polar surface area (TPSA) is 102 Å². The van der Waals surface area contributed by atoms with Crippen LogP contribution in [0.25, 0.3) is 0 Å². The van der Waals surface area contributed by atoms with E-state index in [1.807, 2.05) is 45.3 Å². The second-order valence-corrected chi connectivity index (χ2v) is 28.3. The van der Waals surface area contributed by atoms with Gasteiger partial charge in [-0.15, -0.1) is 0 Å². The molecule has 0 atom stereocenters. The Kier molecular flexibility index (Phi) is 87.7. The van der Waals surface area contributed by atoms with Crippen molar-refractivity contribution in [2.24, 2.45) is 0 Å². The quantitative estimate of drug-likeness (QED) is 0.0446. The molecule has 0 rings (SSSR count). The third-order valence-corrected chi connectivity index (χ3v) is 18.5. The predicted molar refractivity (Wildman–Crippen MR) is 435 cm³/mol. The summed E-state index contributed by atoms with van der Waals surface area (Å²) in [5.74, 6) is 0.516. The first-order valence-electron chi connectivity index (χ1n) is 42.1. The van der Waals surface area contributed by atoms with Crippen molar-refractivity contribution in [1.82, 2.24) is 24.5 Å². The monoisotopic (exact) mass is 1380 g/mol. The van der Waals surface area contributed by atoms with Crippen molar-refractivity contribution in [2.75, 3.05) is 65.4 Å². The maximum absolute atomic E-state index is 11.9. The Balaban J connectivity index is -0.000000372. The Morgan fingerprint density at radius 2 is 0.367 bits per heavy atom. The number of hydrogen-bond donors (Lipinski definition) is 0. The van der Waals surface area contributed by atoms with E-state index < -0.39 is 0 Å². The van der Waals surface area contributed by atoms with Crippen LogP contribution in [0.1, 0.15) is 411 Å². The minimum Gasteiger partial charge on any atom is -0.339 e. The Morgan fingerprint density at radius 3 is 0.582 bits per heavy atom. The summed E-state index contributed by atoms with van der Waals surface area (Å²) in [5, 5.41) is 0. The molecule has 0 fully saturated rings. The summed E-state index contributed by atoms with van der Waals surface area (Å²) in [5.41, 5.74) is 1.97. The Bertz CT molecular complexity index is 1830. The first-order valence-corrected chi connectivity index (χ1v) is 42.1. The highest BCUT2D eigenvalue weighted by molar-refractivity contribution is 5.93. The molecule has 0 saturated heterocycles. The molecule has 578 valence electrons. The molecule has 0 aromatic rings. The van der Waals surface area contributed by atoms with Crippen LogP contribution < -0.4 is 0 Å². The molecule has 0 radical (unpaired) electrons. The van der Waals surface area contributed by atoms with Gasteiger partial charge in [-0.3, -0.25) is 24.0 Å². The molecule has 98 heavy (non-hydrogen) atoms. The van der Waals surface area contributed by atoms with Gasteiger partial charge in [-0.25, -0.2) is 0 Å². The van der Waals surface area contributed by atoms with Gasteiger partial charge in [-0.2, -0.15) is 0 Å². The molecule has 0 spiro atoms. The highest BCUT2D eigenvalue weighted by Gasteiger charge is 2.15. The predicted octanol–water partition coefficient (Wildman–Crippen LogP) is 25.9. The third kappa shape index (κ3) is 73.3. The summed E-state index contributed by atoms with van der Waals surface area (Å²) in [6.45, 7) is 54.0. The van der Waals surface area contributed by atoms with E-state index in [1.54, 1.807) is 20.8 Å². The molecular weight excluding hydrogens is 1210 g/mol. The lowest BCUT2D eigenvalue weighted by atomic mass is 10.0. The van der Waals surface area contributed by atoms with Crippen molar-refractivity contribution < 1.29 is 24.0 Å². The minimum absolute atomic E-state index is 0.0715. The lowest BCUT2D eigenvalue weighted by Crippen LogP contribution is -2.33. The van der Waals surface area contributed by atoms with Crippen LogP contribution in [0, 0.1) is 0 Å². The fourth-order valence-electron chi connectivity index (χ4n) is 11.9. The number of rotatable bonds is 65. The molecule has 0 aromatic heterocycles. The Labute approximate surface area is 613 Å². The summed E-state index contributed by atoms with van der Waals surface area (Å²) in [4.78, 5) is 68.1. The van der Waals surface area contributed by atoms with Crippen LogP contribution in [0.5, 0.6) is 0 Å². The van der Waals surface area contributed by atoms with E-state index in [2.05, 4.69) is 81.4 Å². The number of likely N-dealkylation sites (N-methyl/N-ethyl adjacent to an activating group) is 3. The largest absolute Gasteiger partial charge is 0.339 e. The lowest BCUT2D eigenvalue weighted by Gasteiger charge is -2.22. The van der Waals surface area contributed by atoms with Crippen LogP contribution in [-0.2, 0) is 24.0 Å². The fourth-order valence-corrected chi connectivity index (χ4v) is 11.9. The third-order valence-electron chi connectivity index (χ3n) is 18.5. The molecule has 0 heterocycles. The first-order chi connectivity index (χ1) is 47.4. The van der Waals surface area contributed by atoms with Crippen molar-refractivity contribution in [3.05, 3.63) is 61.8 Å². The molecule has 10 nitrogen and oxygen atoms in total. The summed E-state index contributed by atoms with van der Waals surface area (Å²) >= 11 is 0. The summed E-state index contributed by atoms with van der Waals surface area (Å²) < 4.78 is 0. The van der Waals surface area contributed by atoms with E-state index in [4.69, 9.17) is 0 Å². The molecule has 0 aliphatic carbocycles. The zero-order valence-corrected chi connectivity index (χ0v) is 68.4. The number of unbranched alkanes of at least 4 members (excludes halogenated alkanes) is 43. The highest BCUT2D eigenvalue weighted by atomic mass is 16.2. The van der Waals surface area contributed by atoms with Gasteiger partial charge in [0.1, 0.15) is 0 Å². The van der Waals surface area contributed by atoms with E-state index >= 15 is 0 Å². The van der Waals surface area contributed by atoms with E-state index in [1.165, 1.54) is 275 Å².